The third-order valence-corrected chi connectivity index (χ3v) is 16.2. The van der Waals surface area contributed by atoms with Crippen molar-refractivity contribution in [2.45, 2.75) is 30.7 Å². The molecule has 0 radical (unpaired) electrons. The van der Waals surface area contributed by atoms with E-state index in [4.69, 9.17) is 0 Å². The van der Waals surface area contributed by atoms with Gasteiger partial charge in [-0.05, 0) is 169 Å². The molecule has 0 saturated carbocycles. The molecule has 4 aliphatic rings. The van der Waals surface area contributed by atoms with Gasteiger partial charge in [0.25, 0.3) is 0 Å². The Balaban J connectivity index is 0.913. The van der Waals surface area contributed by atoms with Crippen molar-refractivity contribution < 1.29 is 0 Å². The first-order valence-electron chi connectivity index (χ1n) is 26.5. The van der Waals surface area contributed by atoms with E-state index < -0.39 is 5.41 Å². The number of benzene rings is 10. The van der Waals surface area contributed by atoms with Crippen molar-refractivity contribution in [1.29, 1.82) is 0 Å². The van der Waals surface area contributed by atoms with Crippen molar-refractivity contribution in [3.8, 4) is 44.5 Å². The minimum absolute atomic E-state index is 0.147. The molecule has 0 N–H and O–H groups in total. The SMILES string of the molecule is C1=CCC(N(c2ccc(C3=CC=C(c4ccccc4)CC3)cc2)c2ccc3c(c2)C2(c4ccccc4-c4ccccc42)c2cc(N(c4ccc(-c5ccccc5)cc4)c4ccc(-c5ccccc5)cc4)ccc2-3)C=C1. The molecule has 0 fully saturated rings. The van der Waals surface area contributed by atoms with Crippen LogP contribution in [0.2, 0.25) is 0 Å². The van der Waals surface area contributed by atoms with Crippen LogP contribution in [0.1, 0.15) is 52.6 Å². The highest BCUT2D eigenvalue weighted by Gasteiger charge is 2.52. The van der Waals surface area contributed by atoms with Gasteiger partial charge < -0.3 is 9.80 Å². The number of allylic oxidation sites excluding steroid dienone is 6. The van der Waals surface area contributed by atoms with E-state index >= 15 is 0 Å². The summed E-state index contributed by atoms with van der Waals surface area (Å²) in [6.07, 6.45) is 16.7. The summed E-state index contributed by atoms with van der Waals surface area (Å²) in [6.45, 7) is 0. The van der Waals surface area contributed by atoms with E-state index in [0.717, 1.165) is 36.3 Å². The number of fused-ring (bicyclic) bond motifs is 10. The number of hydrogen-bond donors (Lipinski definition) is 0. The van der Waals surface area contributed by atoms with E-state index in [1.165, 1.54) is 100 Å². The second-order valence-corrected chi connectivity index (χ2v) is 20.2. The molecule has 0 amide bonds. The van der Waals surface area contributed by atoms with Crippen LogP contribution in [0.3, 0.4) is 0 Å². The van der Waals surface area contributed by atoms with E-state index in [1.807, 2.05) is 0 Å². The highest BCUT2D eigenvalue weighted by Crippen LogP contribution is 2.64. The lowest BCUT2D eigenvalue weighted by Crippen LogP contribution is -2.31. The monoisotopic (exact) mass is 958 g/mol. The first-order valence-corrected chi connectivity index (χ1v) is 26.5. The Morgan fingerprint density at radius 2 is 0.720 bits per heavy atom. The van der Waals surface area contributed by atoms with Gasteiger partial charge >= 0.3 is 0 Å². The van der Waals surface area contributed by atoms with Gasteiger partial charge in [0, 0.05) is 28.4 Å². The maximum absolute atomic E-state index is 2.57. The summed E-state index contributed by atoms with van der Waals surface area (Å²) in [5.41, 5.74) is 25.7. The zero-order valence-corrected chi connectivity index (χ0v) is 41.7. The fourth-order valence-corrected chi connectivity index (χ4v) is 12.6. The highest BCUT2D eigenvalue weighted by molar-refractivity contribution is 5.97. The molecule has 356 valence electrons. The van der Waals surface area contributed by atoms with Crippen molar-refractivity contribution in [3.63, 3.8) is 0 Å². The Hall–Kier alpha value is -9.24. The molecular weight excluding hydrogens is 905 g/mol. The molecule has 10 aromatic carbocycles. The fourth-order valence-electron chi connectivity index (χ4n) is 12.6. The van der Waals surface area contributed by atoms with Crippen molar-refractivity contribution in [2.24, 2.45) is 0 Å². The smallest absolute Gasteiger partial charge is 0.0727 e. The van der Waals surface area contributed by atoms with Crippen LogP contribution in [0.15, 0.2) is 285 Å². The van der Waals surface area contributed by atoms with Gasteiger partial charge in [-0.2, -0.15) is 0 Å². The minimum atomic E-state index is -0.568. The molecule has 75 heavy (non-hydrogen) atoms. The summed E-state index contributed by atoms with van der Waals surface area (Å²) >= 11 is 0. The Morgan fingerprint density at radius 3 is 1.23 bits per heavy atom. The maximum atomic E-state index is 2.57. The Kier molecular flexibility index (Phi) is 11.1. The van der Waals surface area contributed by atoms with Crippen molar-refractivity contribution in [3.05, 3.63) is 319 Å². The van der Waals surface area contributed by atoms with E-state index in [9.17, 15) is 0 Å². The predicted molar refractivity (Wildman–Crippen MR) is 315 cm³/mol. The molecule has 1 atom stereocenters. The normalized spacial score (nSPS) is 15.3. The first-order chi connectivity index (χ1) is 37.2. The van der Waals surface area contributed by atoms with Crippen molar-refractivity contribution in [1.82, 2.24) is 0 Å². The summed E-state index contributed by atoms with van der Waals surface area (Å²) in [7, 11) is 0. The van der Waals surface area contributed by atoms with Gasteiger partial charge in [0.05, 0.1) is 11.5 Å². The quantitative estimate of drug-likeness (QED) is 0.135. The van der Waals surface area contributed by atoms with Crippen LogP contribution >= 0.6 is 0 Å². The number of nitrogens with zero attached hydrogens (tertiary/aromatic N) is 2. The van der Waals surface area contributed by atoms with Gasteiger partial charge in [-0.25, -0.2) is 0 Å². The largest absolute Gasteiger partial charge is 0.334 e. The first kappa shape index (κ1) is 44.5. The molecule has 1 unspecified atom stereocenters. The molecular formula is C73H54N2. The lowest BCUT2D eigenvalue weighted by molar-refractivity contribution is 0.774. The van der Waals surface area contributed by atoms with Gasteiger partial charge in [0.1, 0.15) is 0 Å². The van der Waals surface area contributed by atoms with Gasteiger partial charge in [-0.1, -0.05) is 225 Å². The minimum Gasteiger partial charge on any atom is -0.334 e. The van der Waals surface area contributed by atoms with Crippen LogP contribution in [0.4, 0.5) is 28.4 Å². The highest BCUT2D eigenvalue weighted by atomic mass is 15.2. The summed E-state index contributed by atoms with van der Waals surface area (Å²) in [5.74, 6) is 0. The van der Waals surface area contributed by atoms with Crippen LogP contribution in [0.25, 0.3) is 55.7 Å². The zero-order chi connectivity index (χ0) is 49.7. The van der Waals surface area contributed by atoms with Gasteiger partial charge in [0.15, 0.2) is 0 Å². The standard InChI is InChI=1S/C73H54N2/c1-5-17-51(18-6-1)54-29-31-55(32-30-54)58-37-43-60(44-38-58)74(59-23-11-4-12-24-59)63-45-47-67-68-48-46-64(50-72(68)73(71(67)49-63)69-27-15-13-25-65(69)66-26-14-16-28-70(66)73)75(61-39-33-56(34-40-61)52-19-7-2-8-20-52)62-41-35-57(36-42-62)53-21-9-3-10-22-53/h1-23,25-29,31,33-50,59H,24,30,32H2. The van der Waals surface area contributed by atoms with Crippen molar-refractivity contribution in [2.75, 3.05) is 9.80 Å². The average molecular weight is 959 g/mol. The second-order valence-electron chi connectivity index (χ2n) is 20.2. The summed E-state index contributed by atoms with van der Waals surface area (Å²) < 4.78 is 0. The molecule has 14 rings (SSSR count). The van der Waals surface area contributed by atoms with E-state index in [-0.39, 0.29) is 6.04 Å². The van der Waals surface area contributed by atoms with E-state index in [2.05, 4.69) is 295 Å². The molecule has 0 aromatic heterocycles. The fraction of sp³-hybridized carbons (Fsp3) is 0.0685. The van der Waals surface area contributed by atoms with Crippen LogP contribution in [-0.2, 0) is 5.41 Å². The van der Waals surface area contributed by atoms with Crippen LogP contribution in [0, 0.1) is 0 Å². The molecule has 2 nitrogen and oxygen atoms in total. The van der Waals surface area contributed by atoms with Crippen molar-refractivity contribution >= 4 is 39.6 Å². The molecule has 0 bridgehead atoms. The lowest BCUT2D eigenvalue weighted by Gasteiger charge is -2.35. The zero-order valence-electron chi connectivity index (χ0n) is 41.7. The van der Waals surface area contributed by atoms with Crippen LogP contribution in [-0.4, -0.2) is 6.04 Å². The van der Waals surface area contributed by atoms with Gasteiger partial charge in [-0.3, -0.25) is 0 Å². The van der Waals surface area contributed by atoms with Gasteiger partial charge in [-0.15, -0.1) is 0 Å². The predicted octanol–water partition coefficient (Wildman–Crippen LogP) is 19.1. The van der Waals surface area contributed by atoms with Crippen LogP contribution in [0.5, 0.6) is 0 Å². The summed E-state index contributed by atoms with van der Waals surface area (Å²) in [5, 5.41) is 0. The topological polar surface area (TPSA) is 6.48 Å². The number of rotatable bonds is 10. The molecule has 1 spiro atoms. The molecule has 10 aromatic rings. The lowest BCUT2D eigenvalue weighted by atomic mass is 9.70. The third kappa shape index (κ3) is 7.64. The third-order valence-electron chi connectivity index (χ3n) is 16.2. The average Bonchev–Trinajstić information content (AvgIpc) is 3.98. The molecule has 0 saturated heterocycles. The van der Waals surface area contributed by atoms with E-state index in [0.29, 0.717) is 0 Å². The Bertz CT molecular complexity index is 3750. The van der Waals surface area contributed by atoms with Gasteiger partial charge in [0.2, 0.25) is 0 Å². The Morgan fingerprint density at radius 1 is 0.320 bits per heavy atom. The maximum Gasteiger partial charge on any atom is 0.0727 e. The van der Waals surface area contributed by atoms with E-state index in [1.54, 1.807) is 0 Å². The number of anilines is 5. The molecule has 2 heteroatoms. The second kappa shape index (κ2) is 18.7. The van der Waals surface area contributed by atoms with Crippen LogP contribution < -0.4 is 9.80 Å². The number of hydrogen-bond acceptors (Lipinski definition) is 2. The molecule has 0 heterocycles. The summed E-state index contributed by atoms with van der Waals surface area (Å²) in [4.78, 5) is 5.01. The summed E-state index contributed by atoms with van der Waals surface area (Å²) in [6, 6.07) is 92.7. The Labute approximate surface area is 440 Å². The molecule has 4 aliphatic carbocycles. The molecule has 0 aliphatic heterocycles.